The largest absolute Gasteiger partial charge is 0.444 e. The molecule has 1 aliphatic heterocycles. The normalized spacial score (nSPS) is 22.7. The van der Waals surface area contributed by atoms with E-state index in [9.17, 15) is 14.4 Å². The number of ether oxygens (including phenoxy) is 1. The van der Waals surface area contributed by atoms with Gasteiger partial charge in [0.25, 0.3) is 0 Å². The second-order valence-corrected chi connectivity index (χ2v) is 9.05. The van der Waals surface area contributed by atoms with E-state index in [0.29, 0.717) is 13.0 Å². The number of carbonyl (C=O) groups is 3. The molecule has 27 heavy (non-hydrogen) atoms. The molecule has 1 saturated heterocycles. The Morgan fingerprint density at radius 3 is 2.26 bits per heavy atom. The van der Waals surface area contributed by atoms with Crippen LogP contribution in [-0.4, -0.2) is 53.1 Å². The van der Waals surface area contributed by atoms with Crippen LogP contribution in [-0.2, 0) is 14.3 Å². The molecule has 2 rings (SSSR count). The number of likely N-dealkylation sites (tertiary alicyclic amines) is 1. The molecule has 2 fully saturated rings. The fraction of sp³-hybridized carbons (Fsp3) is 0.850. The Bertz CT molecular complexity index is 550. The highest BCUT2D eigenvalue weighted by Gasteiger charge is 2.41. The fourth-order valence-corrected chi connectivity index (χ4v) is 3.90. The molecule has 0 aromatic heterocycles. The van der Waals surface area contributed by atoms with Gasteiger partial charge in [0.2, 0.25) is 11.8 Å². The molecule has 7 heteroatoms. The van der Waals surface area contributed by atoms with E-state index < -0.39 is 23.8 Å². The van der Waals surface area contributed by atoms with Gasteiger partial charge in [-0.1, -0.05) is 33.1 Å². The average Bonchev–Trinajstić information content (AvgIpc) is 2.87. The van der Waals surface area contributed by atoms with E-state index in [1.165, 1.54) is 6.42 Å². The third kappa shape index (κ3) is 6.11. The van der Waals surface area contributed by atoms with Crippen LogP contribution >= 0.6 is 0 Å². The minimum absolute atomic E-state index is 0.00202. The van der Waals surface area contributed by atoms with Gasteiger partial charge in [-0.2, -0.15) is 0 Å². The lowest BCUT2D eigenvalue weighted by atomic mass is 9.94. The molecule has 0 bridgehead atoms. The first-order valence-corrected chi connectivity index (χ1v) is 10.2. The fourth-order valence-electron chi connectivity index (χ4n) is 3.90. The molecule has 0 radical (unpaired) electrons. The number of nitrogens with one attached hydrogen (secondary N) is 2. The molecule has 154 valence electrons. The highest BCUT2D eigenvalue weighted by atomic mass is 16.6. The SMILES string of the molecule is CC(C)C(C(=O)NC1CCCCC1)N1CC[C@@H](NC(=O)OC(C)(C)C)C1=O. The predicted octanol–water partition coefficient (Wildman–Crippen LogP) is 2.59. The van der Waals surface area contributed by atoms with Gasteiger partial charge < -0.3 is 20.3 Å². The molecular formula is C20H35N3O4. The molecule has 2 aliphatic rings. The minimum atomic E-state index is -0.636. The zero-order valence-corrected chi connectivity index (χ0v) is 17.3. The van der Waals surface area contributed by atoms with Crippen LogP contribution in [0.3, 0.4) is 0 Å². The molecule has 0 aromatic rings. The molecule has 0 spiro atoms. The Morgan fingerprint density at radius 1 is 1.07 bits per heavy atom. The van der Waals surface area contributed by atoms with Crippen molar-refractivity contribution in [2.45, 2.75) is 96.9 Å². The summed E-state index contributed by atoms with van der Waals surface area (Å²) in [5.41, 5.74) is -0.619. The number of nitrogens with zero attached hydrogens (tertiary/aromatic N) is 1. The molecule has 2 atom stereocenters. The van der Waals surface area contributed by atoms with Gasteiger partial charge >= 0.3 is 6.09 Å². The number of amides is 3. The lowest BCUT2D eigenvalue weighted by Gasteiger charge is -2.32. The first-order valence-electron chi connectivity index (χ1n) is 10.2. The number of carbonyl (C=O) groups excluding carboxylic acids is 3. The third-order valence-electron chi connectivity index (χ3n) is 5.12. The summed E-state index contributed by atoms with van der Waals surface area (Å²) in [6.07, 6.45) is 5.40. The van der Waals surface area contributed by atoms with E-state index in [4.69, 9.17) is 4.74 Å². The van der Waals surface area contributed by atoms with Crippen LogP contribution in [0.15, 0.2) is 0 Å². The molecule has 1 saturated carbocycles. The summed E-state index contributed by atoms with van der Waals surface area (Å²) in [7, 11) is 0. The van der Waals surface area contributed by atoms with Gasteiger partial charge in [0.15, 0.2) is 0 Å². The lowest BCUT2D eigenvalue weighted by Crippen LogP contribution is -2.54. The van der Waals surface area contributed by atoms with Crippen LogP contribution < -0.4 is 10.6 Å². The van der Waals surface area contributed by atoms with Crippen molar-refractivity contribution in [3.63, 3.8) is 0 Å². The smallest absolute Gasteiger partial charge is 0.408 e. The van der Waals surface area contributed by atoms with Crippen molar-refractivity contribution >= 4 is 17.9 Å². The zero-order valence-electron chi connectivity index (χ0n) is 17.3. The summed E-state index contributed by atoms with van der Waals surface area (Å²) in [6.45, 7) is 9.69. The maximum absolute atomic E-state index is 12.9. The number of hydrogen-bond acceptors (Lipinski definition) is 4. The summed E-state index contributed by atoms with van der Waals surface area (Å²) in [6, 6.07) is -0.936. The molecule has 3 amide bonds. The van der Waals surface area contributed by atoms with Crippen molar-refractivity contribution in [3.8, 4) is 0 Å². The second kappa shape index (κ2) is 8.93. The van der Waals surface area contributed by atoms with Crippen LogP contribution in [0.2, 0.25) is 0 Å². The Balaban J connectivity index is 1.98. The van der Waals surface area contributed by atoms with Crippen LogP contribution in [0.25, 0.3) is 0 Å². The first-order chi connectivity index (χ1) is 12.6. The van der Waals surface area contributed by atoms with E-state index in [-0.39, 0.29) is 23.8 Å². The van der Waals surface area contributed by atoms with Crippen molar-refractivity contribution in [1.82, 2.24) is 15.5 Å². The number of alkyl carbamates (subject to hydrolysis) is 1. The predicted molar refractivity (Wildman–Crippen MR) is 103 cm³/mol. The van der Waals surface area contributed by atoms with Gasteiger partial charge in [0.05, 0.1) is 0 Å². The van der Waals surface area contributed by atoms with E-state index >= 15 is 0 Å². The zero-order chi connectivity index (χ0) is 20.2. The summed E-state index contributed by atoms with van der Waals surface area (Å²) < 4.78 is 5.24. The monoisotopic (exact) mass is 381 g/mol. The van der Waals surface area contributed by atoms with Gasteiger partial charge in [-0.05, 0) is 46.0 Å². The number of rotatable bonds is 5. The minimum Gasteiger partial charge on any atom is -0.444 e. The molecule has 2 N–H and O–H groups in total. The highest BCUT2D eigenvalue weighted by molar-refractivity contribution is 5.93. The van der Waals surface area contributed by atoms with Crippen molar-refractivity contribution in [1.29, 1.82) is 0 Å². The molecule has 7 nitrogen and oxygen atoms in total. The third-order valence-corrected chi connectivity index (χ3v) is 5.12. The van der Waals surface area contributed by atoms with Crippen LogP contribution in [0.4, 0.5) is 4.79 Å². The lowest BCUT2D eigenvalue weighted by molar-refractivity contribution is -0.140. The van der Waals surface area contributed by atoms with E-state index in [1.807, 2.05) is 13.8 Å². The Hall–Kier alpha value is -1.79. The van der Waals surface area contributed by atoms with Gasteiger partial charge in [-0.15, -0.1) is 0 Å². The second-order valence-electron chi connectivity index (χ2n) is 9.05. The van der Waals surface area contributed by atoms with Crippen molar-refractivity contribution in [3.05, 3.63) is 0 Å². The topological polar surface area (TPSA) is 87.7 Å². The van der Waals surface area contributed by atoms with E-state index in [2.05, 4.69) is 10.6 Å². The molecule has 1 aliphatic carbocycles. The van der Waals surface area contributed by atoms with Crippen LogP contribution in [0, 0.1) is 5.92 Å². The molecule has 0 aromatic carbocycles. The number of hydrogen-bond donors (Lipinski definition) is 2. The van der Waals surface area contributed by atoms with E-state index in [0.717, 1.165) is 25.7 Å². The van der Waals surface area contributed by atoms with Crippen molar-refractivity contribution in [2.75, 3.05) is 6.54 Å². The summed E-state index contributed by atoms with van der Waals surface area (Å²) >= 11 is 0. The Kier molecular flexibility index (Phi) is 7.12. The van der Waals surface area contributed by atoms with Gasteiger partial charge in [0, 0.05) is 12.6 Å². The van der Waals surface area contributed by atoms with Crippen LogP contribution in [0.1, 0.15) is 73.1 Å². The van der Waals surface area contributed by atoms with Gasteiger partial charge in [0.1, 0.15) is 17.7 Å². The quantitative estimate of drug-likeness (QED) is 0.766. The summed E-state index contributed by atoms with van der Waals surface area (Å²) in [5.74, 6) is -0.292. The molecule has 1 heterocycles. The Morgan fingerprint density at radius 2 is 1.70 bits per heavy atom. The summed E-state index contributed by atoms with van der Waals surface area (Å²) in [4.78, 5) is 39.3. The maximum Gasteiger partial charge on any atom is 0.408 e. The highest BCUT2D eigenvalue weighted by Crippen LogP contribution is 2.22. The standard InChI is InChI=1S/C20H35N3O4/c1-13(2)16(17(24)21-14-9-7-6-8-10-14)23-12-11-15(18(23)25)22-19(26)27-20(3,4)5/h13-16H,6-12H2,1-5H3,(H,21,24)(H,22,26)/t15-,16?/m1/s1. The first kappa shape index (κ1) is 21.5. The van der Waals surface area contributed by atoms with Gasteiger partial charge in [-0.3, -0.25) is 9.59 Å². The molecule has 1 unspecified atom stereocenters. The maximum atomic E-state index is 12.9. The van der Waals surface area contributed by atoms with Crippen LogP contribution in [0.5, 0.6) is 0 Å². The van der Waals surface area contributed by atoms with Crippen molar-refractivity contribution in [2.24, 2.45) is 5.92 Å². The summed E-state index contributed by atoms with van der Waals surface area (Å²) in [5, 5.41) is 5.78. The van der Waals surface area contributed by atoms with E-state index in [1.54, 1.807) is 25.7 Å². The Labute approximate surface area is 162 Å². The van der Waals surface area contributed by atoms with Gasteiger partial charge in [-0.25, -0.2) is 4.79 Å². The van der Waals surface area contributed by atoms with Crippen molar-refractivity contribution < 1.29 is 19.1 Å². The molecular weight excluding hydrogens is 346 g/mol. The average molecular weight is 382 g/mol.